The average Bonchev–Trinajstić information content (AvgIpc) is 2.29. The van der Waals surface area contributed by atoms with Crippen molar-refractivity contribution in [3.8, 4) is 0 Å². The molecule has 0 N–H and O–H groups in total. The van der Waals surface area contributed by atoms with Gasteiger partial charge in [0.15, 0.2) is 6.29 Å². The summed E-state index contributed by atoms with van der Waals surface area (Å²) in [6.45, 7) is 0. The first-order valence-electron chi connectivity index (χ1n) is 4.94. The SMILES string of the molecule is O=Cc1ccccc1C1=CCC(Cl)(Cl)C=C1. The van der Waals surface area contributed by atoms with Crippen molar-refractivity contribution in [3.05, 3.63) is 53.6 Å². The Labute approximate surface area is 104 Å². The molecule has 3 heteroatoms. The van der Waals surface area contributed by atoms with Gasteiger partial charge in [0.2, 0.25) is 0 Å². The second-order valence-corrected chi connectivity index (χ2v) is 5.21. The zero-order valence-electron chi connectivity index (χ0n) is 8.49. The van der Waals surface area contributed by atoms with Crippen molar-refractivity contribution in [3.63, 3.8) is 0 Å². The van der Waals surface area contributed by atoms with E-state index in [4.69, 9.17) is 23.2 Å². The maximum Gasteiger partial charge on any atom is 0.150 e. The number of alkyl halides is 2. The van der Waals surface area contributed by atoms with Gasteiger partial charge in [-0.15, -0.1) is 0 Å². The second kappa shape index (κ2) is 4.44. The molecule has 0 radical (unpaired) electrons. The number of carbonyl (C=O) groups is 1. The summed E-state index contributed by atoms with van der Waals surface area (Å²) in [4.78, 5) is 10.9. The fourth-order valence-corrected chi connectivity index (χ4v) is 1.94. The Morgan fingerprint density at radius 1 is 1.25 bits per heavy atom. The summed E-state index contributed by atoms with van der Waals surface area (Å²) >= 11 is 11.9. The maximum atomic E-state index is 10.9. The molecule has 0 aromatic heterocycles. The van der Waals surface area contributed by atoms with Crippen molar-refractivity contribution in [2.24, 2.45) is 0 Å². The van der Waals surface area contributed by atoms with E-state index < -0.39 is 4.33 Å². The number of benzene rings is 1. The zero-order chi connectivity index (χ0) is 11.6. The van der Waals surface area contributed by atoms with Crippen molar-refractivity contribution < 1.29 is 4.79 Å². The molecule has 0 atom stereocenters. The topological polar surface area (TPSA) is 17.1 Å². The van der Waals surface area contributed by atoms with Crippen LogP contribution in [0.2, 0.25) is 0 Å². The predicted molar refractivity (Wildman–Crippen MR) is 68.0 cm³/mol. The molecule has 16 heavy (non-hydrogen) atoms. The third-order valence-electron chi connectivity index (χ3n) is 2.50. The molecule has 0 bridgehead atoms. The van der Waals surface area contributed by atoms with Gasteiger partial charge < -0.3 is 0 Å². The Bertz CT molecular complexity index is 473. The molecule has 0 saturated carbocycles. The van der Waals surface area contributed by atoms with Gasteiger partial charge in [-0.2, -0.15) is 0 Å². The Balaban J connectivity index is 2.37. The van der Waals surface area contributed by atoms with Crippen molar-refractivity contribution >= 4 is 35.1 Å². The van der Waals surface area contributed by atoms with Crippen LogP contribution in [0.5, 0.6) is 0 Å². The Kier molecular flexibility index (Phi) is 3.17. The van der Waals surface area contributed by atoms with Crippen LogP contribution in [0.1, 0.15) is 22.3 Å². The number of rotatable bonds is 2. The summed E-state index contributed by atoms with van der Waals surface area (Å²) in [6, 6.07) is 7.45. The Hall–Kier alpha value is -1.05. The molecule has 0 spiro atoms. The number of carbonyl (C=O) groups excluding carboxylic acids is 1. The van der Waals surface area contributed by atoms with Crippen molar-refractivity contribution in [2.45, 2.75) is 10.8 Å². The molecule has 0 unspecified atom stereocenters. The average molecular weight is 253 g/mol. The number of hydrogen-bond donors (Lipinski definition) is 0. The Morgan fingerprint density at radius 2 is 2.00 bits per heavy atom. The van der Waals surface area contributed by atoms with Crippen LogP contribution < -0.4 is 0 Å². The summed E-state index contributed by atoms with van der Waals surface area (Å²) in [5.41, 5.74) is 2.58. The van der Waals surface area contributed by atoms with Crippen molar-refractivity contribution in [1.82, 2.24) is 0 Å². The van der Waals surface area contributed by atoms with Crippen LogP contribution in [0.25, 0.3) is 5.57 Å². The van der Waals surface area contributed by atoms with E-state index in [0.717, 1.165) is 17.4 Å². The quantitative estimate of drug-likeness (QED) is 0.574. The molecule has 82 valence electrons. The molecule has 0 fully saturated rings. The highest BCUT2D eigenvalue weighted by atomic mass is 35.5. The van der Waals surface area contributed by atoms with E-state index in [2.05, 4.69) is 0 Å². The van der Waals surface area contributed by atoms with E-state index in [0.29, 0.717) is 12.0 Å². The normalized spacial score (nSPS) is 18.0. The molecule has 1 nitrogen and oxygen atoms in total. The molecule has 1 aliphatic carbocycles. The fourth-order valence-electron chi connectivity index (χ4n) is 1.66. The molecule has 0 saturated heterocycles. The zero-order valence-corrected chi connectivity index (χ0v) is 10.0. The minimum atomic E-state index is -0.820. The molecule has 1 aromatic rings. The highest BCUT2D eigenvalue weighted by molar-refractivity contribution is 6.50. The van der Waals surface area contributed by atoms with E-state index in [9.17, 15) is 4.79 Å². The highest BCUT2D eigenvalue weighted by Crippen LogP contribution is 2.35. The summed E-state index contributed by atoms with van der Waals surface area (Å²) in [7, 11) is 0. The van der Waals surface area contributed by atoms with Crippen LogP contribution in [-0.2, 0) is 0 Å². The van der Waals surface area contributed by atoms with Crippen LogP contribution >= 0.6 is 23.2 Å². The van der Waals surface area contributed by atoms with Gasteiger partial charge in [0.25, 0.3) is 0 Å². The maximum absolute atomic E-state index is 10.9. The second-order valence-electron chi connectivity index (χ2n) is 3.66. The van der Waals surface area contributed by atoms with Crippen LogP contribution in [0.4, 0.5) is 0 Å². The van der Waals surface area contributed by atoms with Gasteiger partial charge in [-0.1, -0.05) is 59.6 Å². The van der Waals surface area contributed by atoms with Crippen LogP contribution in [0.15, 0.2) is 42.5 Å². The van der Waals surface area contributed by atoms with Crippen molar-refractivity contribution in [2.75, 3.05) is 0 Å². The molecule has 0 aliphatic heterocycles. The van der Waals surface area contributed by atoms with Gasteiger partial charge in [0, 0.05) is 12.0 Å². The van der Waals surface area contributed by atoms with Crippen LogP contribution in [0.3, 0.4) is 0 Å². The van der Waals surface area contributed by atoms with Gasteiger partial charge >= 0.3 is 0 Å². The lowest BCUT2D eigenvalue weighted by atomic mass is 9.95. The van der Waals surface area contributed by atoms with Crippen LogP contribution in [-0.4, -0.2) is 10.6 Å². The van der Waals surface area contributed by atoms with Gasteiger partial charge in [-0.05, 0) is 17.2 Å². The first-order valence-corrected chi connectivity index (χ1v) is 5.70. The number of aldehydes is 1. The minimum Gasteiger partial charge on any atom is -0.298 e. The minimum absolute atomic E-state index is 0.551. The van der Waals surface area contributed by atoms with Gasteiger partial charge in [-0.3, -0.25) is 4.79 Å². The van der Waals surface area contributed by atoms with E-state index in [1.54, 1.807) is 12.1 Å². The van der Waals surface area contributed by atoms with E-state index in [1.807, 2.05) is 30.4 Å². The number of halogens is 2. The summed E-state index contributed by atoms with van der Waals surface area (Å²) < 4.78 is -0.820. The van der Waals surface area contributed by atoms with Gasteiger partial charge in [0.05, 0.1) is 0 Å². The molecule has 1 aliphatic rings. The lowest BCUT2D eigenvalue weighted by molar-refractivity contribution is 0.112. The van der Waals surface area contributed by atoms with E-state index in [1.165, 1.54) is 0 Å². The highest BCUT2D eigenvalue weighted by Gasteiger charge is 2.22. The van der Waals surface area contributed by atoms with E-state index >= 15 is 0 Å². The van der Waals surface area contributed by atoms with Crippen molar-refractivity contribution in [1.29, 1.82) is 0 Å². The Morgan fingerprint density at radius 3 is 2.62 bits per heavy atom. The molecular weight excluding hydrogens is 243 g/mol. The number of hydrogen-bond acceptors (Lipinski definition) is 1. The lowest BCUT2D eigenvalue weighted by Crippen LogP contribution is -2.10. The standard InChI is InChI=1S/C13H10Cl2O/c14-13(15)7-5-10(6-8-13)12-4-2-1-3-11(12)9-16/h1-7,9H,8H2. The summed E-state index contributed by atoms with van der Waals surface area (Å²) in [5.74, 6) is 0. The van der Waals surface area contributed by atoms with E-state index in [-0.39, 0.29) is 0 Å². The monoisotopic (exact) mass is 252 g/mol. The summed E-state index contributed by atoms with van der Waals surface area (Å²) in [6.07, 6.45) is 6.95. The largest absolute Gasteiger partial charge is 0.298 e. The lowest BCUT2D eigenvalue weighted by Gasteiger charge is -2.18. The van der Waals surface area contributed by atoms with Gasteiger partial charge in [0.1, 0.15) is 4.33 Å². The van der Waals surface area contributed by atoms with Gasteiger partial charge in [-0.25, -0.2) is 0 Å². The third-order valence-corrected chi connectivity index (χ3v) is 3.06. The number of allylic oxidation sites excluding steroid dienone is 4. The molecule has 1 aromatic carbocycles. The molecule has 0 amide bonds. The first-order chi connectivity index (χ1) is 7.62. The summed E-state index contributed by atoms with van der Waals surface area (Å²) in [5, 5.41) is 0. The fraction of sp³-hybridized carbons (Fsp3) is 0.154. The third kappa shape index (κ3) is 2.37. The first kappa shape index (κ1) is 11.4. The predicted octanol–water partition coefficient (Wildman–Crippen LogP) is 4.02. The molecule has 0 heterocycles. The smallest absolute Gasteiger partial charge is 0.150 e. The molecular formula is C13H10Cl2O. The molecule has 2 rings (SSSR count). The van der Waals surface area contributed by atoms with Crippen LogP contribution in [0, 0.1) is 0 Å².